The highest BCUT2D eigenvalue weighted by atomic mass is 33.1. The molecular formula is C19H34BN9O7S2. The predicted octanol–water partition coefficient (Wildman–Crippen LogP) is -5.44. The Bertz CT molecular complexity index is 853. The van der Waals surface area contributed by atoms with Gasteiger partial charge in [0.2, 0.25) is 41.4 Å². The Labute approximate surface area is 229 Å². The summed E-state index contributed by atoms with van der Waals surface area (Å²) < 4.78 is 0. The summed E-state index contributed by atoms with van der Waals surface area (Å²) in [5, 5.41) is 7.29. The van der Waals surface area contributed by atoms with Gasteiger partial charge in [-0.25, -0.2) is 0 Å². The largest absolute Gasteiger partial charge is 0.368 e. The minimum absolute atomic E-state index is 0.0157. The van der Waals surface area contributed by atoms with Gasteiger partial charge < -0.3 is 48.7 Å². The van der Waals surface area contributed by atoms with Gasteiger partial charge >= 0.3 is 0 Å². The number of nitrogens with one attached hydrogen (secondary N) is 3. The summed E-state index contributed by atoms with van der Waals surface area (Å²) in [5.74, 6) is -3.37. The lowest BCUT2D eigenvalue weighted by Crippen LogP contribution is -2.47. The molecule has 0 rings (SSSR count). The number of nitrogens with two attached hydrogens (primary N) is 4. The molecule has 0 fully saturated rings. The Kier molecular flexibility index (Phi) is 18.4. The van der Waals surface area contributed by atoms with E-state index in [1.165, 1.54) is 21.6 Å². The first-order chi connectivity index (χ1) is 17.9. The lowest BCUT2D eigenvalue weighted by Gasteiger charge is -2.21. The van der Waals surface area contributed by atoms with Crippen LogP contribution in [0.4, 0.5) is 0 Å². The molecule has 212 valence electrons. The van der Waals surface area contributed by atoms with Crippen LogP contribution in [0.25, 0.3) is 0 Å². The second-order valence-corrected chi connectivity index (χ2v) is 10.2. The predicted molar refractivity (Wildman–Crippen MR) is 143 cm³/mol. The molecule has 16 nitrogen and oxygen atoms in total. The maximum Gasteiger partial charge on any atom is 0.243 e. The van der Waals surface area contributed by atoms with Crippen molar-refractivity contribution in [1.29, 1.82) is 0 Å². The normalized spacial score (nSPS) is 11.1. The van der Waals surface area contributed by atoms with Crippen LogP contribution in [0.3, 0.4) is 0 Å². The van der Waals surface area contributed by atoms with Crippen molar-refractivity contribution in [3.63, 3.8) is 0 Å². The molecule has 19 heteroatoms. The van der Waals surface area contributed by atoms with E-state index < -0.39 is 41.5 Å². The number of hydrogen-bond acceptors (Lipinski definition) is 11. The van der Waals surface area contributed by atoms with Crippen molar-refractivity contribution in [3.8, 4) is 0 Å². The van der Waals surface area contributed by atoms with Crippen LogP contribution in [-0.4, -0.2) is 122 Å². The smallest absolute Gasteiger partial charge is 0.243 e. The SMILES string of the molecule is [B]CC(=O)N(CCNC(=O)CNC(=O)C(N)CSSCCC(=O)NCC(=O)N(CN)CC(N)=O)CC(N)=O. The van der Waals surface area contributed by atoms with Gasteiger partial charge in [0, 0.05) is 31.0 Å². The van der Waals surface area contributed by atoms with E-state index >= 15 is 0 Å². The molecule has 1 atom stereocenters. The Hall–Kier alpha value is -3.03. The number of primary amides is 2. The maximum absolute atomic E-state index is 12.1. The summed E-state index contributed by atoms with van der Waals surface area (Å²) in [5.41, 5.74) is 21.3. The Balaban J connectivity index is 4.07. The minimum Gasteiger partial charge on any atom is -0.368 e. The fourth-order valence-electron chi connectivity index (χ4n) is 2.51. The fourth-order valence-corrected chi connectivity index (χ4v) is 4.62. The first-order valence-corrected chi connectivity index (χ1v) is 13.7. The molecule has 0 heterocycles. The molecule has 0 spiro atoms. The molecule has 0 aliphatic rings. The van der Waals surface area contributed by atoms with Gasteiger partial charge in [0.1, 0.15) is 6.54 Å². The summed E-state index contributed by atoms with van der Waals surface area (Å²) in [6.45, 7) is -1.51. The van der Waals surface area contributed by atoms with Crippen LogP contribution in [-0.2, 0) is 33.6 Å². The van der Waals surface area contributed by atoms with E-state index in [1.807, 2.05) is 0 Å². The number of amides is 7. The molecule has 0 aliphatic heterocycles. The highest BCUT2D eigenvalue weighted by Crippen LogP contribution is 2.22. The highest BCUT2D eigenvalue weighted by Gasteiger charge is 2.17. The van der Waals surface area contributed by atoms with Crippen molar-refractivity contribution in [2.45, 2.75) is 18.8 Å². The summed E-state index contributed by atoms with van der Waals surface area (Å²) in [7, 11) is 7.81. The molecule has 38 heavy (non-hydrogen) atoms. The standard InChI is InChI=1S/C19H34BN9O7S2/c20-5-17(34)28(8-13(23)30)3-2-25-16(33)6-27-19(36)12(22)10-38-37-4-1-15(32)26-7-18(35)29(11-21)9-14(24)31/h12H,1-11,21-22H2,(H2,23,30)(H2,24,31)(H,25,33)(H,26,32)(H,27,36). The first-order valence-electron chi connectivity index (χ1n) is 11.2. The third-order valence-electron chi connectivity index (χ3n) is 4.44. The second-order valence-electron chi connectivity index (χ2n) is 7.53. The fraction of sp³-hybridized carbons (Fsp3) is 0.632. The van der Waals surface area contributed by atoms with Gasteiger partial charge in [-0.3, -0.25) is 33.6 Å². The topological polar surface area (TPSA) is 266 Å². The van der Waals surface area contributed by atoms with Crippen LogP contribution in [0, 0.1) is 0 Å². The van der Waals surface area contributed by atoms with Crippen molar-refractivity contribution in [2.75, 3.05) is 57.4 Å². The molecular weight excluding hydrogens is 541 g/mol. The van der Waals surface area contributed by atoms with Crippen LogP contribution in [0.2, 0.25) is 6.32 Å². The van der Waals surface area contributed by atoms with E-state index in [1.54, 1.807) is 0 Å². The molecule has 0 bridgehead atoms. The van der Waals surface area contributed by atoms with Crippen LogP contribution in [0.5, 0.6) is 0 Å². The monoisotopic (exact) mass is 575 g/mol. The Morgan fingerprint density at radius 2 is 1.45 bits per heavy atom. The van der Waals surface area contributed by atoms with Gasteiger partial charge in [0.15, 0.2) is 0 Å². The number of carbonyl (C=O) groups is 7. The molecule has 0 aromatic heterocycles. The zero-order chi connectivity index (χ0) is 29.1. The van der Waals surface area contributed by atoms with Crippen LogP contribution < -0.4 is 38.9 Å². The van der Waals surface area contributed by atoms with Crippen molar-refractivity contribution < 1.29 is 33.6 Å². The molecule has 11 N–H and O–H groups in total. The number of hydrogen-bond donors (Lipinski definition) is 7. The Morgan fingerprint density at radius 1 is 0.816 bits per heavy atom. The van der Waals surface area contributed by atoms with Crippen LogP contribution in [0.1, 0.15) is 6.42 Å². The number of rotatable bonds is 20. The molecule has 0 saturated carbocycles. The average Bonchev–Trinajstić information content (AvgIpc) is 2.86. The van der Waals surface area contributed by atoms with Gasteiger partial charge in [-0.15, -0.1) is 0 Å². The maximum atomic E-state index is 12.1. The second kappa shape index (κ2) is 20.0. The first kappa shape index (κ1) is 35.0. The van der Waals surface area contributed by atoms with E-state index in [9.17, 15) is 33.6 Å². The molecule has 0 aliphatic carbocycles. The quantitative estimate of drug-likeness (QED) is 0.0311. The molecule has 0 aromatic rings. The van der Waals surface area contributed by atoms with Gasteiger partial charge in [-0.2, -0.15) is 0 Å². The molecule has 0 aromatic carbocycles. The summed E-state index contributed by atoms with van der Waals surface area (Å²) >= 11 is 0. The van der Waals surface area contributed by atoms with Gasteiger partial charge in [-0.1, -0.05) is 21.6 Å². The number of carbonyl (C=O) groups excluding carboxylic acids is 7. The third-order valence-corrected chi connectivity index (χ3v) is 6.88. The zero-order valence-corrected chi connectivity index (χ0v) is 22.4. The third kappa shape index (κ3) is 16.7. The van der Waals surface area contributed by atoms with Crippen molar-refractivity contribution in [1.82, 2.24) is 25.8 Å². The van der Waals surface area contributed by atoms with E-state index in [0.29, 0.717) is 5.75 Å². The van der Waals surface area contributed by atoms with E-state index in [2.05, 4.69) is 16.0 Å². The van der Waals surface area contributed by atoms with Crippen molar-refractivity contribution >= 4 is 70.8 Å². The minimum atomic E-state index is -0.910. The summed E-state index contributed by atoms with van der Waals surface area (Å²) in [6.07, 6.45) is -0.216. The Morgan fingerprint density at radius 3 is 2.03 bits per heavy atom. The van der Waals surface area contributed by atoms with E-state index in [4.69, 9.17) is 30.8 Å². The van der Waals surface area contributed by atoms with Gasteiger partial charge in [0.25, 0.3) is 0 Å². The van der Waals surface area contributed by atoms with E-state index in [-0.39, 0.29) is 70.3 Å². The van der Waals surface area contributed by atoms with Crippen LogP contribution >= 0.6 is 21.6 Å². The number of nitrogens with zero attached hydrogens (tertiary/aromatic N) is 2. The van der Waals surface area contributed by atoms with Gasteiger partial charge in [-0.05, 0) is 6.32 Å². The lowest BCUT2D eigenvalue weighted by atomic mass is 10.0. The average molecular weight is 575 g/mol. The zero-order valence-electron chi connectivity index (χ0n) is 20.8. The highest BCUT2D eigenvalue weighted by molar-refractivity contribution is 8.76. The summed E-state index contributed by atoms with van der Waals surface area (Å²) in [6, 6.07) is -0.910. The summed E-state index contributed by atoms with van der Waals surface area (Å²) in [4.78, 5) is 83.3. The van der Waals surface area contributed by atoms with Crippen molar-refractivity contribution in [2.24, 2.45) is 22.9 Å². The van der Waals surface area contributed by atoms with Crippen molar-refractivity contribution in [3.05, 3.63) is 0 Å². The van der Waals surface area contributed by atoms with E-state index in [0.717, 1.165) is 9.80 Å². The molecule has 2 radical (unpaired) electrons. The van der Waals surface area contributed by atoms with Gasteiger partial charge in [0.05, 0.1) is 40.2 Å². The molecule has 0 saturated heterocycles. The molecule has 7 amide bonds. The molecule has 1 unspecified atom stereocenters. The lowest BCUT2D eigenvalue weighted by molar-refractivity contribution is -0.135. The van der Waals surface area contributed by atoms with Crippen LogP contribution in [0.15, 0.2) is 0 Å².